The number of nitrogens with one attached hydrogen (secondary N) is 2. The Hall–Kier alpha value is -0.480. The zero-order valence-electron chi connectivity index (χ0n) is 10.9. The number of hydrogen-bond donors (Lipinski definition) is 2. The van der Waals surface area contributed by atoms with Crippen molar-refractivity contribution in [2.75, 3.05) is 26.2 Å². The number of carbonyl (C=O) groups is 1. The van der Waals surface area contributed by atoms with Crippen LogP contribution in [0.1, 0.15) is 6.92 Å². The maximum absolute atomic E-state index is 12.0. The van der Waals surface area contributed by atoms with Gasteiger partial charge < -0.3 is 10.2 Å². The van der Waals surface area contributed by atoms with E-state index in [4.69, 9.17) is 0 Å². The minimum atomic E-state index is -3.61. The highest BCUT2D eigenvalue weighted by atomic mass is 79.9. The lowest BCUT2D eigenvalue weighted by atomic mass is 10.2. The van der Waals surface area contributed by atoms with Crippen LogP contribution in [0, 0.1) is 0 Å². The molecular formula is C11H16BrN3O3S2. The first kappa shape index (κ1) is 15.9. The van der Waals surface area contributed by atoms with Crippen LogP contribution < -0.4 is 10.0 Å². The smallest absolute Gasteiger partial charge is 0.250 e. The third kappa shape index (κ3) is 4.01. The maximum Gasteiger partial charge on any atom is 0.250 e. The fraction of sp³-hybridized carbons (Fsp3) is 0.545. The van der Waals surface area contributed by atoms with Crippen molar-refractivity contribution < 1.29 is 13.2 Å². The largest absolute Gasteiger partial charge is 0.339 e. The van der Waals surface area contributed by atoms with E-state index in [1.54, 1.807) is 11.0 Å². The Labute approximate surface area is 130 Å². The number of sulfonamides is 1. The number of carbonyl (C=O) groups excluding carboxylic acids is 1. The Bertz CT molecular complexity index is 587. The Morgan fingerprint density at radius 1 is 1.60 bits per heavy atom. The van der Waals surface area contributed by atoms with Crippen LogP contribution in [0.25, 0.3) is 0 Å². The summed E-state index contributed by atoms with van der Waals surface area (Å²) in [7, 11) is -3.61. The van der Waals surface area contributed by atoms with Crippen LogP contribution in [0.3, 0.4) is 0 Å². The van der Waals surface area contributed by atoms with Gasteiger partial charge in [-0.25, -0.2) is 13.1 Å². The summed E-state index contributed by atoms with van der Waals surface area (Å²) in [6.45, 7) is 3.73. The molecule has 1 aliphatic rings. The molecule has 1 aromatic heterocycles. The van der Waals surface area contributed by atoms with E-state index in [0.717, 1.165) is 21.7 Å². The van der Waals surface area contributed by atoms with Crippen LogP contribution in [-0.2, 0) is 14.8 Å². The fourth-order valence-electron chi connectivity index (χ4n) is 1.94. The highest BCUT2D eigenvalue weighted by Gasteiger charge is 2.23. The van der Waals surface area contributed by atoms with Crippen molar-refractivity contribution in [3.8, 4) is 0 Å². The molecule has 1 fully saturated rings. The van der Waals surface area contributed by atoms with E-state index < -0.39 is 10.0 Å². The number of halogens is 1. The van der Waals surface area contributed by atoms with Gasteiger partial charge in [0.15, 0.2) is 0 Å². The molecule has 2 N–H and O–H groups in total. The number of hydrogen-bond acceptors (Lipinski definition) is 5. The van der Waals surface area contributed by atoms with Gasteiger partial charge in [-0.2, -0.15) is 0 Å². The van der Waals surface area contributed by atoms with Crippen LogP contribution in [0.4, 0.5) is 0 Å². The van der Waals surface area contributed by atoms with E-state index in [1.165, 1.54) is 6.07 Å². The lowest BCUT2D eigenvalue weighted by Gasteiger charge is -2.31. The van der Waals surface area contributed by atoms with Gasteiger partial charge in [-0.3, -0.25) is 4.79 Å². The average Bonchev–Trinajstić information content (AvgIpc) is 2.83. The molecule has 0 spiro atoms. The number of nitrogens with zero attached hydrogens (tertiary/aromatic N) is 1. The molecule has 1 saturated heterocycles. The summed E-state index contributed by atoms with van der Waals surface area (Å²) in [4.78, 5) is 13.7. The topological polar surface area (TPSA) is 78.5 Å². The summed E-state index contributed by atoms with van der Waals surface area (Å²) in [6.07, 6.45) is 0. The van der Waals surface area contributed by atoms with Crippen LogP contribution in [0.2, 0.25) is 0 Å². The van der Waals surface area contributed by atoms with Crippen LogP contribution in [-0.4, -0.2) is 51.4 Å². The molecule has 1 unspecified atom stereocenters. The van der Waals surface area contributed by atoms with Gasteiger partial charge in [0.05, 0.1) is 10.3 Å². The van der Waals surface area contributed by atoms with Gasteiger partial charge in [-0.05, 0) is 35.0 Å². The normalized spacial score (nSPS) is 20.1. The van der Waals surface area contributed by atoms with Crippen molar-refractivity contribution in [3.05, 3.63) is 15.9 Å². The van der Waals surface area contributed by atoms with Crippen molar-refractivity contribution in [1.29, 1.82) is 0 Å². The van der Waals surface area contributed by atoms with Crippen molar-refractivity contribution in [1.82, 2.24) is 14.9 Å². The van der Waals surface area contributed by atoms with Crippen molar-refractivity contribution >= 4 is 43.2 Å². The van der Waals surface area contributed by atoms with Crippen LogP contribution in [0.5, 0.6) is 0 Å². The first-order chi connectivity index (χ1) is 9.38. The Morgan fingerprint density at radius 2 is 2.35 bits per heavy atom. The first-order valence-corrected chi connectivity index (χ1v) is 9.24. The summed E-state index contributed by atoms with van der Waals surface area (Å²) < 4.78 is 27.3. The zero-order valence-corrected chi connectivity index (χ0v) is 14.1. The third-order valence-electron chi connectivity index (χ3n) is 2.95. The predicted molar refractivity (Wildman–Crippen MR) is 81.3 cm³/mol. The second kappa shape index (κ2) is 6.52. The molecule has 0 aliphatic carbocycles. The van der Waals surface area contributed by atoms with E-state index in [0.29, 0.717) is 13.1 Å². The second-order valence-corrected chi connectivity index (χ2v) is 9.03. The fourth-order valence-corrected chi connectivity index (χ4v) is 4.97. The zero-order chi connectivity index (χ0) is 14.8. The number of piperazine rings is 1. The summed E-state index contributed by atoms with van der Waals surface area (Å²) >= 11 is 4.33. The summed E-state index contributed by atoms with van der Waals surface area (Å²) in [5.74, 6) is -0.197. The monoisotopic (exact) mass is 381 g/mol. The molecule has 0 radical (unpaired) electrons. The average molecular weight is 382 g/mol. The van der Waals surface area contributed by atoms with Gasteiger partial charge in [-0.15, -0.1) is 11.3 Å². The van der Waals surface area contributed by atoms with Crippen LogP contribution >= 0.6 is 27.3 Å². The third-order valence-corrected chi connectivity index (χ3v) is 6.47. The molecule has 1 aromatic rings. The lowest BCUT2D eigenvalue weighted by Crippen LogP contribution is -2.53. The molecule has 2 heterocycles. The maximum atomic E-state index is 12.0. The van der Waals surface area contributed by atoms with Crippen LogP contribution in [0.15, 0.2) is 20.1 Å². The molecular weight excluding hydrogens is 366 g/mol. The van der Waals surface area contributed by atoms with Gasteiger partial charge in [-0.1, -0.05) is 0 Å². The Kier molecular flexibility index (Phi) is 5.19. The molecule has 0 bridgehead atoms. The minimum absolute atomic E-state index is 0.197. The molecule has 1 aliphatic heterocycles. The molecule has 1 amide bonds. The molecule has 1 atom stereocenters. The van der Waals surface area contributed by atoms with Gasteiger partial charge >= 0.3 is 0 Å². The summed E-state index contributed by atoms with van der Waals surface area (Å²) in [6, 6.07) is 3.41. The van der Waals surface area contributed by atoms with Crippen molar-refractivity contribution in [2.24, 2.45) is 0 Å². The van der Waals surface area contributed by atoms with E-state index in [-0.39, 0.29) is 22.7 Å². The molecule has 112 valence electrons. The molecule has 6 nitrogen and oxygen atoms in total. The standard InChI is InChI=1S/C11H16BrN3O3S2/c1-8-7-15(5-4-13-8)10(16)6-14-20(17,18)11-3-2-9(12)19-11/h2-3,8,13-14H,4-7H2,1H3. The number of amides is 1. The highest BCUT2D eigenvalue weighted by molar-refractivity contribution is 9.11. The van der Waals surface area contributed by atoms with Gasteiger partial charge in [0.2, 0.25) is 5.91 Å². The minimum Gasteiger partial charge on any atom is -0.339 e. The van der Waals surface area contributed by atoms with Gasteiger partial charge in [0.1, 0.15) is 4.21 Å². The van der Waals surface area contributed by atoms with Crippen molar-refractivity contribution in [3.63, 3.8) is 0 Å². The summed E-state index contributed by atoms with van der Waals surface area (Å²) in [5.41, 5.74) is 0. The van der Waals surface area contributed by atoms with E-state index in [1.807, 2.05) is 6.92 Å². The predicted octanol–water partition coefficient (Wildman–Crippen LogP) is 0.609. The molecule has 0 aromatic carbocycles. The number of rotatable bonds is 4. The molecule has 20 heavy (non-hydrogen) atoms. The lowest BCUT2D eigenvalue weighted by molar-refractivity contribution is -0.131. The highest BCUT2D eigenvalue weighted by Crippen LogP contribution is 2.25. The van der Waals surface area contributed by atoms with Crippen molar-refractivity contribution in [2.45, 2.75) is 17.2 Å². The van der Waals surface area contributed by atoms with E-state index in [2.05, 4.69) is 26.0 Å². The molecule has 0 saturated carbocycles. The van der Waals surface area contributed by atoms with Gasteiger partial charge in [0.25, 0.3) is 10.0 Å². The second-order valence-electron chi connectivity index (χ2n) is 4.58. The SMILES string of the molecule is CC1CN(C(=O)CNS(=O)(=O)c2ccc(Br)s2)CCN1. The molecule has 2 rings (SSSR count). The number of thiophene rings is 1. The summed E-state index contributed by atoms with van der Waals surface area (Å²) in [5, 5.41) is 3.23. The van der Waals surface area contributed by atoms with Gasteiger partial charge in [0, 0.05) is 25.7 Å². The first-order valence-electron chi connectivity index (χ1n) is 6.14. The molecule has 9 heteroatoms. The van der Waals surface area contributed by atoms with E-state index >= 15 is 0 Å². The Balaban J connectivity index is 1.92. The Morgan fingerprint density at radius 3 is 2.95 bits per heavy atom. The quantitative estimate of drug-likeness (QED) is 0.800. The van der Waals surface area contributed by atoms with E-state index in [9.17, 15) is 13.2 Å².